The average molecular weight is 569 g/mol. The summed E-state index contributed by atoms with van der Waals surface area (Å²) in [5.74, 6) is 0.555. The van der Waals surface area contributed by atoms with Gasteiger partial charge in [-0.25, -0.2) is 22.5 Å². The van der Waals surface area contributed by atoms with Crippen LogP contribution in [0.2, 0.25) is 0 Å². The summed E-state index contributed by atoms with van der Waals surface area (Å²) in [6, 6.07) is 22.2. The first-order valence-electron chi connectivity index (χ1n) is 12.8. The number of halogens is 2. The predicted molar refractivity (Wildman–Crippen MR) is 150 cm³/mol. The van der Waals surface area contributed by atoms with Crippen LogP contribution in [0.3, 0.4) is 0 Å². The molecule has 6 nitrogen and oxygen atoms in total. The largest absolute Gasteiger partial charge is 0.485 e. The first-order chi connectivity index (χ1) is 18.7. The Morgan fingerprint density at radius 1 is 1.10 bits per heavy atom. The standard InChI is InChI=1S/C30H30ClFN2O4S/c1-39(35,36)34-24-13-14-30(17-24,29-33-25(18-31)20-38-29)16-22-9-5-10-23(15-22)26-11-6-12-27(32)28(26)37-19-21-7-3-2-4-8-21/h2-12,15,20,24,34H,13-14,16-19H2,1H3/t24-,30+/m0/s1. The van der Waals surface area contributed by atoms with Gasteiger partial charge in [0.15, 0.2) is 11.6 Å². The zero-order valence-electron chi connectivity index (χ0n) is 21.6. The quantitative estimate of drug-likeness (QED) is 0.224. The molecule has 204 valence electrons. The third-order valence-corrected chi connectivity index (χ3v) is 8.14. The van der Waals surface area contributed by atoms with E-state index in [0.29, 0.717) is 42.8 Å². The summed E-state index contributed by atoms with van der Waals surface area (Å²) in [5, 5.41) is 0. The van der Waals surface area contributed by atoms with Crippen molar-refractivity contribution in [2.45, 2.75) is 49.6 Å². The van der Waals surface area contributed by atoms with Gasteiger partial charge in [0.2, 0.25) is 15.9 Å². The van der Waals surface area contributed by atoms with Gasteiger partial charge < -0.3 is 9.15 Å². The van der Waals surface area contributed by atoms with Crippen molar-refractivity contribution in [2.24, 2.45) is 0 Å². The van der Waals surface area contributed by atoms with Gasteiger partial charge in [-0.15, -0.1) is 11.6 Å². The molecule has 5 rings (SSSR count). The van der Waals surface area contributed by atoms with Crippen LogP contribution in [-0.2, 0) is 34.3 Å². The van der Waals surface area contributed by atoms with Crippen LogP contribution < -0.4 is 9.46 Å². The van der Waals surface area contributed by atoms with Crippen LogP contribution in [0.1, 0.15) is 42.0 Å². The van der Waals surface area contributed by atoms with E-state index in [0.717, 1.165) is 16.7 Å². The maximum absolute atomic E-state index is 15.0. The Morgan fingerprint density at radius 2 is 1.87 bits per heavy atom. The van der Waals surface area contributed by atoms with Crippen molar-refractivity contribution >= 4 is 21.6 Å². The molecule has 3 aromatic carbocycles. The van der Waals surface area contributed by atoms with Crippen molar-refractivity contribution < 1.29 is 22.0 Å². The fraction of sp³-hybridized carbons (Fsp3) is 0.300. The van der Waals surface area contributed by atoms with E-state index in [9.17, 15) is 12.8 Å². The van der Waals surface area contributed by atoms with Gasteiger partial charge in [0.05, 0.1) is 23.2 Å². The summed E-state index contributed by atoms with van der Waals surface area (Å²) >= 11 is 5.99. The molecule has 1 saturated carbocycles. The number of ether oxygens (including phenoxy) is 1. The Hall–Kier alpha value is -3.20. The van der Waals surface area contributed by atoms with Crippen LogP contribution in [0.4, 0.5) is 4.39 Å². The second kappa shape index (κ2) is 11.5. The van der Waals surface area contributed by atoms with Gasteiger partial charge in [-0.1, -0.05) is 66.7 Å². The summed E-state index contributed by atoms with van der Waals surface area (Å²) in [5.41, 5.74) is 3.55. The lowest BCUT2D eigenvalue weighted by Gasteiger charge is -2.26. The van der Waals surface area contributed by atoms with Crippen LogP contribution >= 0.6 is 11.6 Å². The van der Waals surface area contributed by atoms with E-state index >= 15 is 0 Å². The fourth-order valence-corrected chi connectivity index (χ4v) is 6.35. The van der Waals surface area contributed by atoms with Crippen LogP contribution in [0.25, 0.3) is 11.1 Å². The van der Waals surface area contributed by atoms with Crippen molar-refractivity contribution in [3.8, 4) is 16.9 Å². The molecular formula is C30H30ClFN2O4S. The van der Waals surface area contributed by atoms with Gasteiger partial charge in [0.25, 0.3) is 0 Å². The zero-order chi connectivity index (χ0) is 27.5. The maximum atomic E-state index is 15.0. The topological polar surface area (TPSA) is 81.4 Å². The normalized spacial score (nSPS) is 19.3. The van der Waals surface area contributed by atoms with Crippen LogP contribution in [0, 0.1) is 5.82 Å². The fourth-order valence-electron chi connectivity index (χ4n) is 5.42. The highest BCUT2D eigenvalue weighted by Gasteiger charge is 2.45. The Kier molecular flexibility index (Phi) is 8.07. The van der Waals surface area contributed by atoms with Gasteiger partial charge in [-0.2, -0.15) is 0 Å². The van der Waals surface area contributed by atoms with Crippen molar-refractivity contribution in [1.29, 1.82) is 0 Å². The molecule has 0 spiro atoms. The predicted octanol–water partition coefficient (Wildman–Crippen LogP) is 6.38. The highest BCUT2D eigenvalue weighted by Crippen LogP contribution is 2.44. The Balaban J connectivity index is 1.45. The summed E-state index contributed by atoms with van der Waals surface area (Å²) in [6.45, 7) is 0.249. The number of sulfonamides is 1. The zero-order valence-corrected chi connectivity index (χ0v) is 23.1. The second-order valence-corrected chi connectivity index (χ2v) is 12.2. The summed E-state index contributed by atoms with van der Waals surface area (Å²) in [7, 11) is -3.36. The third-order valence-electron chi connectivity index (χ3n) is 7.11. The van der Waals surface area contributed by atoms with E-state index in [1.54, 1.807) is 12.3 Å². The molecule has 1 aliphatic rings. The number of alkyl halides is 1. The molecule has 1 N–H and O–H groups in total. The van der Waals surface area contributed by atoms with Gasteiger partial charge in [0.1, 0.15) is 12.9 Å². The number of rotatable bonds is 10. The van der Waals surface area contributed by atoms with E-state index in [1.807, 2.05) is 60.7 Å². The molecule has 2 atom stereocenters. The minimum Gasteiger partial charge on any atom is -0.485 e. The molecule has 9 heteroatoms. The number of aromatic nitrogens is 1. The molecule has 1 heterocycles. The SMILES string of the molecule is CS(=O)(=O)N[C@H]1CC[C@](Cc2cccc(-c3cccc(F)c3OCc3ccccc3)c2)(c2nc(CCl)co2)C1. The van der Waals surface area contributed by atoms with E-state index in [-0.39, 0.29) is 24.3 Å². The van der Waals surface area contributed by atoms with Gasteiger partial charge in [-0.3, -0.25) is 0 Å². The molecule has 0 bridgehead atoms. The number of nitrogens with one attached hydrogen (secondary N) is 1. The Labute approximate surface area is 233 Å². The number of nitrogens with zero attached hydrogens (tertiary/aromatic N) is 1. The van der Waals surface area contributed by atoms with E-state index < -0.39 is 21.3 Å². The molecule has 1 aromatic heterocycles. The van der Waals surface area contributed by atoms with Crippen LogP contribution in [0.15, 0.2) is 83.5 Å². The van der Waals surface area contributed by atoms with E-state index in [2.05, 4.69) is 9.71 Å². The van der Waals surface area contributed by atoms with Crippen molar-refractivity contribution in [3.63, 3.8) is 0 Å². The molecule has 39 heavy (non-hydrogen) atoms. The van der Waals surface area contributed by atoms with E-state index in [4.69, 9.17) is 20.8 Å². The van der Waals surface area contributed by atoms with Crippen molar-refractivity contribution in [3.05, 3.63) is 108 Å². The lowest BCUT2D eigenvalue weighted by atomic mass is 9.79. The smallest absolute Gasteiger partial charge is 0.208 e. The van der Waals surface area contributed by atoms with Crippen LogP contribution in [-0.4, -0.2) is 25.7 Å². The van der Waals surface area contributed by atoms with Gasteiger partial charge in [0, 0.05) is 11.6 Å². The lowest BCUT2D eigenvalue weighted by Crippen LogP contribution is -2.35. The molecule has 1 fully saturated rings. The molecule has 1 aliphatic carbocycles. The van der Waals surface area contributed by atoms with Crippen LogP contribution in [0.5, 0.6) is 5.75 Å². The first kappa shape index (κ1) is 27.4. The maximum Gasteiger partial charge on any atom is 0.208 e. The number of para-hydroxylation sites is 1. The first-order valence-corrected chi connectivity index (χ1v) is 15.2. The van der Waals surface area contributed by atoms with Gasteiger partial charge in [-0.05, 0) is 48.4 Å². The second-order valence-electron chi connectivity index (χ2n) is 10.2. The lowest BCUT2D eigenvalue weighted by molar-refractivity contribution is 0.291. The van der Waals surface area contributed by atoms with Gasteiger partial charge >= 0.3 is 0 Å². The monoisotopic (exact) mass is 568 g/mol. The molecule has 0 aliphatic heterocycles. The molecule has 0 unspecified atom stereocenters. The Bertz CT molecular complexity index is 1540. The molecule has 0 radical (unpaired) electrons. The number of benzene rings is 3. The third kappa shape index (κ3) is 6.52. The molecule has 0 amide bonds. The molecular weight excluding hydrogens is 539 g/mol. The van der Waals surface area contributed by atoms with Crippen molar-refractivity contribution in [1.82, 2.24) is 9.71 Å². The number of hydrogen-bond donors (Lipinski definition) is 1. The summed E-state index contributed by atoms with van der Waals surface area (Å²) in [4.78, 5) is 4.62. The molecule has 4 aromatic rings. The summed E-state index contributed by atoms with van der Waals surface area (Å²) in [6.07, 6.45) is 5.19. The minimum atomic E-state index is -3.36. The van der Waals surface area contributed by atoms with E-state index in [1.165, 1.54) is 12.3 Å². The average Bonchev–Trinajstić information content (AvgIpc) is 3.56. The highest BCUT2D eigenvalue weighted by atomic mass is 35.5. The summed E-state index contributed by atoms with van der Waals surface area (Å²) < 4.78 is 53.4. The number of hydrogen-bond acceptors (Lipinski definition) is 5. The highest BCUT2D eigenvalue weighted by molar-refractivity contribution is 7.88. The minimum absolute atomic E-state index is 0.200. The number of oxazole rings is 1. The molecule has 0 saturated heterocycles. The Morgan fingerprint density at radius 3 is 2.62 bits per heavy atom. The van der Waals surface area contributed by atoms with Crippen molar-refractivity contribution in [2.75, 3.05) is 6.26 Å².